The van der Waals surface area contributed by atoms with Crippen molar-refractivity contribution in [3.05, 3.63) is 53.6 Å². The van der Waals surface area contributed by atoms with Gasteiger partial charge in [-0.3, -0.25) is 4.79 Å². The monoisotopic (exact) mass is 418 g/mol. The first-order valence-corrected chi connectivity index (χ1v) is 11.4. The molecule has 0 aromatic heterocycles. The van der Waals surface area contributed by atoms with Crippen LogP contribution >= 0.6 is 0 Å². The van der Waals surface area contributed by atoms with Crippen molar-refractivity contribution in [1.82, 2.24) is 4.72 Å². The molecule has 158 valence electrons. The van der Waals surface area contributed by atoms with Gasteiger partial charge in [0.05, 0.1) is 17.5 Å². The van der Waals surface area contributed by atoms with Gasteiger partial charge in [0.25, 0.3) is 0 Å². The number of carbonyl (C=O) groups is 1. The third-order valence-electron chi connectivity index (χ3n) is 4.52. The highest BCUT2D eigenvalue weighted by atomic mass is 32.2. The summed E-state index contributed by atoms with van der Waals surface area (Å²) in [6, 6.07) is 11.3. The minimum absolute atomic E-state index is 0.0957. The molecule has 0 spiro atoms. The van der Waals surface area contributed by atoms with Gasteiger partial charge in [-0.15, -0.1) is 0 Å². The molecule has 0 heterocycles. The molecular weight excluding hydrogens is 388 g/mol. The van der Waals surface area contributed by atoms with Crippen LogP contribution in [0.4, 0.5) is 5.69 Å². The number of hydrogen-bond acceptors (Lipinski definition) is 4. The molecule has 1 amide bonds. The Balaban J connectivity index is 2.01. The lowest BCUT2D eigenvalue weighted by Crippen LogP contribution is -2.41. The SMILES string of the molecule is CCCCc1ccc(NC(=O)[C@H](C)NS(=O)(=O)c2ccc(OCC)c(C)c2)cc1. The fourth-order valence-corrected chi connectivity index (χ4v) is 4.13. The molecule has 2 rings (SSSR count). The van der Waals surface area contributed by atoms with Crippen molar-refractivity contribution in [2.45, 2.75) is 57.9 Å². The molecule has 7 heteroatoms. The molecule has 0 aliphatic heterocycles. The number of amides is 1. The summed E-state index contributed by atoms with van der Waals surface area (Å²) >= 11 is 0. The molecule has 2 aromatic rings. The Labute approximate surface area is 173 Å². The van der Waals surface area contributed by atoms with E-state index in [0.29, 0.717) is 18.0 Å². The number of nitrogens with one attached hydrogen (secondary N) is 2. The fraction of sp³-hybridized carbons (Fsp3) is 0.409. The van der Waals surface area contributed by atoms with Gasteiger partial charge < -0.3 is 10.1 Å². The van der Waals surface area contributed by atoms with Gasteiger partial charge in [0, 0.05) is 5.69 Å². The molecule has 2 aromatic carbocycles. The Morgan fingerprint density at radius 3 is 2.38 bits per heavy atom. The lowest BCUT2D eigenvalue weighted by Gasteiger charge is -2.16. The molecule has 6 nitrogen and oxygen atoms in total. The highest BCUT2D eigenvalue weighted by molar-refractivity contribution is 7.89. The predicted octanol–water partition coefficient (Wildman–Crippen LogP) is 4.04. The van der Waals surface area contributed by atoms with Crippen LogP contribution in [0.15, 0.2) is 47.4 Å². The quantitative estimate of drug-likeness (QED) is 0.610. The minimum Gasteiger partial charge on any atom is -0.494 e. The summed E-state index contributed by atoms with van der Waals surface area (Å²) in [5.74, 6) is 0.220. The average Bonchev–Trinajstić information content (AvgIpc) is 2.68. The molecule has 0 saturated heterocycles. The van der Waals surface area contributed by atoms with Crippen LogP contribution in [0.25, 0.3) is 0 Å². The van der Waals surface area contributed by atoms with Gasteiger partial charge in [0.1, 0.15) is 5.75 Å². The molecule has 1 atom stereocenters. The molecule has 0 aliphatic rings. The molecule has 29 heavy (non-hydrogen) atoms. The molecule has 2 N–H and O–H groups in total. The third-order valence-corrected chi connectivity index (χ3v) is 6.06. The first kappa shape index (κ1) is 22.9. The van der Waals surface area contributed by atoms with Crippen LogP contribution in [0.5, 0.6) is 5.75 Å². The van der Waals surface area contributed by atoms with Crippen molar-refractivity contribution in [1.29, 1.82) is 0 Å². The smallest absolute Gasteiger partial charge is 0.242 e. The number of benzene rings is 2. The van der Waals surface area contributed by atoms with E-state index in [1.807, 2.05) is 31.2 Å². The number of ether oxygens (including phenoxy) is 1. The number of hydrogen-bond donors (Lipinski definition) is 2. The van der Waals surface area contributed by atoms with E-state index in [1.54, 1.807) is 13.0 Å². The second-order valence-corrected chi connectivity index (χ2v) is 8.71. The molecule has 0 saturated carbocycles. The molecule has 0 fully saturated rings. The van der Waals surface area contributed by atoms with E-state index in [2.05, 4.69) is 17.0 Å². The number of sulfonamides is 1. The second-order valence-electron chi connectivity index (χ2n) is 6.99. The van der Waals surface area contributed by atoms with E-state index in [0.717, 1.165) is 24.8 Å². The fourth-order valence-electron chi connectivity index (χ4n) is 2.85. The van der Waals surface area contributed by atoms with E-state index in [1.165, 1.54) is 24.6 Å². The normalized spacial score (nSPS) is 12.4. The minimum atomic E-state index is -3.83. The summed E-state index contributed by atoms with van der Waals surface area (Å²) in [7, 11) is -3.83. The zero-order chi connectivity index (χ0) is 21.4. The summed E-state index contributed by atoms with van der Waals surface area (Å²) < 4.78 is 33.1. The van der Waals surface area contributed by atoms with Crippen molar-refractivity contribution >= 4 is 21.6 Å². The molecule has 0 bridgehead atoms. The van der Waals surface area contributed by atoms with Gasteiger partial charge in [-0.2, -0.15) is 4.72 Å². The van der Waals surface area contributed by atoms with Gasteiger partial charge in [0.15, 0.2) is 0 Å². The highest BCUT2D eigenvalue weighted by Crippen LogP contribution is 2.22. The van der Waals surface area contributed by atoms with E-state index in [9.17, 15) is 13.2 Å². The van der Waals surface area contributed by atoms with Gasteiger partial charge >= 0.3 is 0 Å². The summed E-state index contributed by atoms with van der Waals surface area (Å²) in [5, 5.41) is 2.75. The summed E-state index contributed by atoms with van der Waals surface area (Å²) in [5.41, 5.74) is 2.57. The van der Waals surface area contributed by atoms with Crippen molar-refractivity contribution in [3.63, 3.8) is 0 Å². The van der Waals surface area contributed by atoms with Gasteiger partial charge in [-0.1, -0.05) is 25.5 Å². The number of aryl methyl sites for hydroxylation is 2. The van der Waals surface area contributed by atoms with Gasteiger partial charge in [-0.05, 0) is 75.1 Å². The molecule has 0 aliphatic carbocycles. The number of unbranched alkanes of at least 4 members (excludes halogenated alkanes) is 1. The lowest BCUT2D eigenvalue weighted by atomic mass is 10.1. The predicted molar refractivity (Wildman–Crippen MR) is 116 cm³/mol. The summed E-state index contributed by atoms with van der Waals surface area (Å²) in [6.45, 7) is 7.81. The zero-order valence-corrected chi connectivity index (χ0v) is 18.3. The molecule has 0 radical (unpaired) electrons. The van der Waals surface area contributed by atoms with Crippen molar-refractivity contribution < 1.29 is 17.9 Å². The van der Waals surface area contributed by atoms with Crippen molar-refractivity contribution in [2.75, 3.05) is 11.9 Å². The Morgan fingerprint density at radius 2 is 1.79 bits per heavy atom. The Morgan fingerprint density at radius 1 is 1.10 bits per heavy atom. The average molecular weight is 419 g/mol. The zero-order valence-electron chi connectivity index (χ0n) is 17.5. The summed E-state index contributed by atoms with van der Waals surface area (Å²) in [6.07, 6.45) is 3.25. The van der Waals surface area contributed by atoms with E-state index in [-0.39, 0.29) is 4.90 Å². The topological polar surface area (TPSA) is 84.5 Å². The lowest BCUT2D eigenvalue weighted by molar-refractivity contribution is -0.117. The van der Waals surface area contributed by atoms with Crippen LogP contribution in [-0.4, -0.2) is 27.0 Å². The highest BCUT2D eigenvalue weighted by Gasteiger charge is 2.22. The van der Waals surface area contributed by atoms with Gasteiger partial charge in [0.2, 0.25) is 15.9 Å². The van der Waals surface area contributed by atoms with Crippen molar-refractivity contribution in [2.24, 2.45) is 0 Å². The third kappa shape index (κ3) is 6.58. The number of rotatable bonds is 10. The van der Waals surface area contributed by atoms with Crippen LogP contribution in [0, 0.1) is 6.92 Å². The maximum Gasteiger partial charge on any atom is 0.242 e. The van der Waals surface area contributed by atoms with E-state index >= 15 is 0 Å². The van der Waals surface area contributed by atoms with Crippen LogP contribution < -0.4 is 14.8 Å². The standard InChI is InChI=1S/C22H30N2O4S/c1-5-7-8-18-9-11-19(12-10-18)23-22(25)17(4)24-29(26,27)20-13-14-21(28-6-2)16(3)15-20/h9-15,17,24H,5-8H2,1-4H3,(H,23,25)/t17-/m0/s1. The largest absolute Gasteiger partial charge is 0.494 e. The maximum atomic E-state index is 12.6. The Bertz CT molecular complexity index is 924. The number of carbonyl (C=O) groups excluding carboxylic acids is 1. The van der Waals surface area contributed by atoms with Crippen LogP contribution in [-0.2, 0) is 21.2 Å². The number of anilines is 1. The van der Waals surface area contributed by atoms with E-state index in [4.69, 9.17) is 4.74 Å². The Hall–Kier alpha value is -2.38. The molecule has 0 unspecified atom stereocenters. The Kier molecular flexibility index (Phi) is 8.22. The van der Waals surface area contributed by atoms with Crippen molar-refractivity contribution in [3.8, 4) is 5.75 Å². The maximum absolute atomic E-state index is 12.6. The van der Waals surface area contributed by atoms with Gasteiger partial charge in [-0.25, -0.2) is 8.42 Å². The first-order valence-electron chi connectivity index (χ1n) is 9.92. The van der Waals surface area contributed by atoms with Crippen LogP contribution in [0.1, 0.15) is 44.7 Å². The first-order chi connectivity index (χ1) is 13.8. The van der Waals surface area contributed by atoms with Crippen LogP contribution in [0.3, 0.4) is 0 Å². The molecular formula is C22H30N2O4S. The summed E-state index contributed by atoms with van der Waals surface area (Å²) in [4.78, 5) is 12.5. The van der Waals surface area contributed by atoms with E-state index < -0.39 is 22.0 Å². The second kappa shape index (κ2) is 10.4. The van der Waals surface area contributed by atoms with Crippen LogP contribution in [0.2, 0.25) is 0 Å².